The normalized spacial score (nSPS) is 12.0. The predicted octanol–water partition coefficient (Wildman–Crippen LogP) is 4.57. The molecule has 0 radical (unpaired) electrons. The van der Waals surface area contributed by atoms with Gasteiger partial charge in [0.2, 0.25) is 0 Å². The molecule has 0 heterocycles. The molecule has 0 saturated carbocycles. The highest BCUT2D eigenvalue weighted by Gasteiger charge is 2.09. The predicted molar refractivity (Wildman–Crippen MR) is 74.4 cm³/mol. The van der Waals surface area contributed by atoms with Crippen LogP contribution in [-0.4, -0.2) is 18.0 Å². The maximum Gasteiger partial charge on any atom is 0.411 e. The van der Waals surface area contributed by atoms with Crippen LogP contribution in [0.25, 0.3) is 0 Å². The summed E-state index contributed by atoms with van der Waals surface area (Å²) < 4.78 is 5.01. The van der Waals surface area contributed by atoms with Crippen LogP contribution >= 0.6 is 39.1 Å². The Morgan fingerprint density at radius 2 is 2.24 bits per heavy atom. The molecule has 1 rings (SSSR count). The number of hydrogen-bond donors (Lipinski definition) is 1. The number of carbonyl (C=O) groups excluding carboxylic acids is 1. The van der Waals surface area contributed by atoms with Crippen molar-refractivity contribution in [3.8, 4) is 0 Å². The lowest BCUT2D eigenvalue weighted by molar-refractivity contribution is 0.148. The van der Waals surface area contributed by atoms with Gasteiger partial charge in [0.25, 0.3) is 0 Å². The molecule has 1 amide bonds. The third kappa shape index (κ3) is 5.15. The first-order valence-electron chi connectivity index (χ1n) is 4.97. The van der Waals surface area contributed by atoms with Gasteiger partial charge in [-0.1, -0.05) is 46.1 Å². The van der Waals surface area contributed by atoms with Crippen LogP contribution in [0.1, 0.15) is 6.92 Å². The van der Waals surface area contributed by atoms with E-state index in [0.29, 0.717) is 22.3 Å². The molecule has 17 heavy (non-hydrogen) atoms. The maximum atomic E-state index is 11.4. The number of benzene rings is 1. The number of halogens is 3. The lowest BCUT2D eigenvalue weighted by Gasteiger charge is -2.11. The number of ether oxygens (including phenoxy) is 1. The fourth-order valence-electron chi connectivity index (χ4n) is 1.00. The Labute approximate surface area is 119 Å². The average Bonchev–Trinajstić information content (AvgIpc) is 2.30. The van der Waals surface area contributed by atoms with Gasteiger partial charge in [0, 0.05) is 16.3 Å². The van der Waals surface area contributed by atoms with Crippen LogP contribution in [0, 0.1) is 5.92 Å². The molecule has 0 aliphatic carbocycles. The zero-order chi connectivity index (χ0) is 12.8. The zero-order valence-electron chi connectivity index (χ0n) is 9.17. The highest BCUT2D eigenvalue weighted by Crippen LogP contribution is 2.25. The van der Waals surface area contributed by atoms with Crippen molar-refractivity contribution in [3.05, 3.63) is 28.2 Å². The van der Waals surface area contributed by atoms with Crippen LogP contribution in [-0.2, 0) is 4.74 Å². The first-order chi connectivity index (χ1) is 8.02. The standard InChI is InChI=1S/C11H12BrCl2NO2/c1-7(5-12)6-17-11(16)15-10-4-8(13)2-3-9(10)14/h2-4,7H,5-6H2,1H3,(H,15,16). The van der Waals surface area contributed by atoms with Crippen LogP contribution in [0.15, 0.2) is 18.2 Å². The highest BCUT2D eigenvalue weighted by molar-refractivity contribution is 9.09. The fraction of sp³-hybridized carbons (Fsp3) is 0.364. The van der Waals surface area contributed by atoms with Crippen molar-refractivity contribution >= 4 is 50.9 Å². The second-order valence-corrected chi connectivity index (χ2v) is 5.10. The lowest BCUT2D eigenvalue weighted by Crippen LogP contribution is -2.18. The van der Waals surface area contributed by atoms with E-state index < -0.39 is 6.09 Å². The van der Waals surface area contributed by atoms with E-state index in [1.165, 1.54) is 0 Å². The second kappa shape index (κ2) is 7.09. The molecule has 0 aliphatic heterocycles. The van der Waals surface area contributed by atoms with Crippen LogP contribution < -0.4 is 5.32 Å². The van der Waals surface area contributed by atoms with Crippen LogP contribution in [0.2, 0.25) is 10.0 Å². The molecule has 0 saturated heterocycles. The molecule has 3 nitrogen and oxygen atoms in total. The van der Waals surface area contributed by atoms with Gasteiger partial charge < -0.3 is 4.74 Å². The van der Waals surface area contributed by atoms with Gasteiger partial charge in [0.15, 0.2) is 0 Å². The monoisotopic (exact) mass is 339 g/mol. The first-order valence-corrected chi connectivity index (χ1v) is 6.85. The summed E-state index contributed by atoms with van der Waals surface area (Å²) in [5.74, 6) is 0.260. The fourth-order valence-corrected chi connectivity index (χ4v) is 1.53. The topological polar surface area (TPSA) is 38.3 Å². The summed E-state index contributed by atoms with van der Waals surface area (Å²) in [5.41, 5.74) is 0.440. The van der Waals surface area contributed by atoms with Crippen molar-refractivity contribution in [1.29, 1.82) is 0 Å². The van der Waals surface area contributed by atoms with Crippen molar-refractivity contribution in [2.24, 2.45) is 5.92 Å². The van der Waals surface area contributed by atoms with Crippen molar-refractivity contribution in [2.75, 3.05) is 17.3 Å². The second-order valence-electron chi connectivity index (χ2n) is 3.61. The van der Waals surface area contributed by atoms with Gasteiger partial charge in [0.05, 0.1) is 17.3 Å². The Balaban J connectivity index is 2.53. The van der Waals surface area contributed by atoms with E-state index in [-0.39, 0.29) is 5.92 Å². The summed E-state index contributed by atoms with van der Waals surface area (Å²) in [4.78, 5) is 11.4. The lowest BCUT2D eigenvalue weighted by atomic mass is 10.2. The SMILES string of the molecule is CC(CBr)COC(=O)Nc1cc(Cl)ccc1Cl. The zero-order valence-corrected chi connectivity index (χ0v) is 12.3. The van der Waals surface area contributed by atoms with Crippen LogP contribution in [0.3, 0.4) is 0 Å². The summed E-state index contributed by atoms with van der Waals surface area (Å²) >= 11 is 15.0. The maximum absolute atomic E-state index is 11.4. The minimum absolute atomic E-state index is 0.260. The quantitative estimate of drug-likeness (QED) is 0.815. The Morgan fingerprint density at radius 1 is 1.53 bits per heavy atom. The van der Waals surface area contributed by atoms with Gasteiger partial charge in [-0.3, -0.25) is 5.32 Å². The van der Waals surface area contributed by atoms with Crippen LogP contribution in [0.4, 0.5) is 10.5 Å². The summed E-state index contributed by atoms with van der Waals surface area (Å²) in [7, 11) is 0. The van der Waals surface area contributed by atoms with E-state index in [9.17, 15) is 4.79 Å². The van der Waals surface area contributed by atoms with E-state index in [1.807, 2.05) is 6.92 Å². The van der Waals surface area contributed by atoms with Gasteiger partial charge in [-0.05, 0) is 18.2 Å². The molecule has 1 aromatic rings. The molecule has 0 aliphatic rings. The van der Waals surface area contributed by atoms with Crippen molar-refractivity contribution in [3.63, 3.8) is 0 Å². The Kier molecular flexibility index (Phi) is 6.09. The van der Waals surface area contributed by atoms with E-state index in [0.717, 1.165) is 5.33 Å². The molecule has 0 spiro atoms. The molecule has 0 bridgehead atoms. The molecule has 1 aromatic carbocycles. The molecule has 1 atom stereocenters. The third-order valence-corrected chi connectivity index (χ3v) is 3.60. The highest BCUT2D eigenvalue weighted by atomic mass is 79.9. The van der Waals surface area contributed by atoms with Gasteiger partial charge in [-0.2, -0.15) is 0 Å². The molecule has 0 aromatic heterocycles. The molecular weight excluding hydrogens is 329 g/mol. The number of nitrogens with one attached hydrogen (secondary N) is 1. The number of rotatable bonds is 4. The summed E-state index contributed by atoms with van der Waals surface area (Å²) in [6.45, 7) is 2.31. The molecule has 0 fully saturated rings. The van der Waals surface area contributed by atoms with E-state index in [2.05, 4.69) is 21.2 Å². The Hall–Kier alpha value is -0.450. The summed E-state index contributed by atoms with van der Waals surface area (Å²) in [6, 6.07) is 4.83. The van der Waals surface area contributed by atoms with Crippen molar-refractivity contribution in [1.82, 2.24) is 0 Å². The number of hydrogen-bond acceptors (Lipinski definition) is 2. The largest absolute Gasteiger partial charge is 0.449 e. The van der Waals surface area contributed by atoms with Gasteiger partial charge >= 0.3 is 6.09 Å². The Morgan fingerprint density at radius 3 is 2.88 bits per heavy atom. The minimum Gasteiger partial charge on any atom is -0.449 e. The van der Waals surface area contributed by atoms with Gasteiger partial charge in [0.1, 0.15) is 0 Å². The van der Waals surface area contributed by atoms with E-state index in [1.54, 1.807) is 18.2 Å². The number of carbonyl (C=O) groups is 1. The summed E-state index contributed by atoms with van der Waals surface area (Å²) in [6.07, 6.45) is -0.540. The van der Waals surface area contributed by atoms with Crippen LogP contribution in [0.5, 0.6) is 0 Å². The van der Waals surface area contributed by atoms with Crippen molar-refractivity contribution < 1.29 is 9.53 Å². The Bertz CT molecular complexity index is 401. The number of amides is 1. The van der Waals surface area contributed by atoms with Gasteiger partial charge in [-0.25, -0.2) is 4.79 Å². The van der Waals surface area contributed by atoms with Gasteiger partial charge in [-0.15, -0.1) is 0 Å². The van der Waals surface area contributed by atoms with Crippen molar-refractivity contribution in [2.45, 2.75) is 6.92 Å². The first kappa shape index (κ1) is 14.6. The molecular formula is C11H12BrCl2NO2. The minimum atomic E-state index is -0.540. The molecule has 94 valence electrons. The molecule has 1 unspecified atom stereocenters. The number of alkyl halides is 1. The molecule has 1 N–H and O–H groups in total. The van der Waals surface area contributed by atoms with E-state index >= 15 is 0 Å². The molecule has 6 heteroatoms. The summed E-state index contributed by atoms with van der Waals surface area (Å²) in [5, 5.41) is 4.23. The average molecular weight is 341 g/mol. The smallest absolute Gasteiger partial charge is 0.411 e. The van der Waals surface area contributed by atoms with E-state index in [4.69, 9.17) is 27.9 Å². The number of anilines is 1. The third-order valence-electron chi connectivity index (χ3n) is 1.93.